The molecule has 1 fully saturated rings. The summed E-state index contributed by atoms with van der Waals surface area (Å²) >= 11 is 2.32. The first-order valence-corrected chi connectivity index (χ1v) is 9.72. The van der Waals surface area contributed by atoms with Gasteiger partial charge in [0, 0.05) is 22.1 Å². The number of carbonyl (C=O) groups excluding carboxylic acids is 1. The van der Waals surface area contributed by atoms with Crippen LogP contribution in [0.25, 0.3) is 17.1 Å². The van der Waals surface area contributed by atoms with E-state index in [1.165, 1.54) is 0 Å². The molecule has 2 aromatic heterocycles. The number of aromatic nitrogens is 5. The fourth-order valence-corrected chi connectivity index (χ4v) is 4.20. The van der Waals surface area contributed by atoms with E-state index in [2.05, 4.69) is 50.3 Å². The Morgan fingerprint density at radius 1 is 1.30 bits per heavy atom. The zero-order valence-electron chi connectivity index (χ0n) is 14.7. The van der Waals surface area contributed by atoms with Gasteiger partial charge in [0.25, 0.3) is 0 Å². The number of benzene rings is 1. The Labute approximate surface area is 176 Å². The third-order valence-corrected chi connectivity index (χ3v) is 5.72. The number of carbonyl (C=O) groups is 1. The highest BCUT2D eigenvalue weighted by Gasteiger charge is 2.26. The molecule has 7 nitrogen and oxygen atoms in total. The van der Waals surface area contributed by atoms with Crippen molar-refractivity contribution >= 4 is 40.9 Å². The highest BCUT2D eigenvalue weighted by molar-refractivity contribution is 14.1. The molecule has 27 heavy (non-hydrogen) atoms. The maximum atomic E-state index is 11.9. The highest BCUT2D eigenvalue weighted by Crippen LogP contribution is 2.32. The van der Waals surface area contributed by atoms with Crippen molar-refractivity contribution in [2.45, 2.75) is 32.9 Å². The molecular formula is C18H18ClIN6O. The molecule has 140 valence electrons. The summed E-state index contributed by atoms with van der Waals surface area (Å²) in [6.07, 6.45) is 3.42. The second-order valence-electron chi connectivity index (χ2n) is 6.74. The first-order valence-electron chi connectivity index (χ1n) is 8.65. The first kappa shape index (κ1) is 18.4. The Balaban J connectivity index is 0.00000180. The van der Waals surface area contributed by atoms with Crippen LogP contribution in [0.15, 0.2) is 24.5 Å². The highest BCUT2D eigenvalue weighted by atomic mass is 127. The van der Waals surface area contributed by atoms with E-state index in [1.54, 1.807) is 0 Å². The van der Waals surface area contributed by atoms with Crippen molar-refractivity contribution < 1.29 is 4.79 Å². The van der Waals surface area contributed by atoms with Crippen LogP contribution in [0.3, 0.4) is 0 Å². The third-order valence-electron chi connectivity index (χ3n) is 5.05. The summed E-state index contributed by atoms with van der Waals surface area (Å²) in [5.41, 5.74) is 4.21. The summed E-state index contributed by atoms with van der Waals surface area (Å²) in [6, 6.07) is 6.33. The van der Waals surface area contributed by atoms with E-state index in [0.717, 1.165) is 45.0 Å². The fourth-order valence-electron chi connectivity index (χ4n) is 3.71. The number of aryl methyl sites for hydroxylation is 1. The summed E-state index contributed by atoms with van der Waals surface area (Å²) < 4.78 is 5.21. The van der Waals surface area contributed by atoms with Gasteiger partial charge in [-0.1, -0.05) is 0 Å². The van der Waals surface area contributed by atoms with Crippen LogP contribution in [0.1, 0.15) is 30.1 Å². The predicted molar refractivity (Wildman–Crippen MR) is 111 cm³/mol. The molecule has 0 atom stereocenters. The zero-order valence-corrected chi connectivity index (χ0v) is 17.7. The number of nitrogens with zero attached hydrogens (tertiary/aromatic N) is 6. The lowest BCUT2D eigenvalue weighted by Crippen LogP contribution is -2.24. The van der Waals surface area contributed by atoms with Crippen molar-refractivity contribution in [3.63, 3.8) is 0 Å². The summed E-state index contributed by atoms with van der Waals surface area (Å²) in [5.74, 6) is 1.74. The van der Waals surface area contributed by atoms with E-state index in [-0.39, 0.29) is 18.3 Å². The third kappa shape index (κ3) is 3.04. The summed E-state index contributed by atoms with van der Waals surface area (Å²) in [7, 11) is 0. The van der Waals surface area contributed by atoms with Crippen LogP contribution in [0.5, 0.6) is 0 Å². The Kier molecular flexibility index (Phi) is 4.71. The number of hydrogen-bond acceptors (Lipinski definition) is 4. The summed E-state index contributed by atoms with van der Waals surface area (Å²) in [6.45, 7) is 3.91. The minimum absolute atomic E-state index is 0. The molecule has 5 rings (SSSR count). The average molecular weight is 497 g/mol. The second kappa shape index (κ2) is 6.90. The number of amides is 1. The molecule has 0 radical (unpaired) electrons. The number of rotatable bonds is 2. The topological polar surface area (TPSA) is 68.8 Å². The lowest BCUT2D eigenvalue weighted by atomic mass is 10.1. The van der Waals surface area contributed by atoms with Gasteiger partial charge in [0.15, 0.2) is 11.6 Å². The van der Waals surface area contributed by atoms with Crippen molar-refractivity contribution in [3.8, 4) is 17.1 Å². The van der Waals surface area contributed by atoms with E-state index in [1.807, 2.05) is 22.8 Å². The molecule has 0 bridgehead atoms. The van der Waals surface area contributed by atoms with Gasteiger partial charge in [0.2, 0.25) is 5.91 Å². The molecular weight excluding hydrogens is 479 g/mol. The summed E-state index contributed by atoms with van der Waals surface area (Å²) in [4.78, 5) is 23.1. The van der Waals surface area contributed by atoms with Crippen LogP contribution in [0.4, 0.5) is 0 Å². The monoisotopic (exact) mass is 496 g/mol. The Bertz CT molecular complexity index is 1040. The van der Waals surface area contributed by atoms with E-state index >= 15 is 0 Å². The first-order chi connectivity index (χ1) is 12.6. The van der Waals surface area contributed by atoms with Gasteiger partial charge in [-0.05, 0) is 54.1 Å². The maximum Gasteiger partial charge on any atom is 0.223 e. The number of hydrogen-bond donors (Lipinski definition) is 0. The van der Waals surface area contributed by atoms with E-state index in [4.69, 9.17) is 10.1 Å². The van der Waals surface area contributed by atoms with Gasteiger partial charge in [-0.2, -0.15) is 5.10 Å². The van der Waals surface area contributed by atoms with Crippen LogP contribution in [-0.4, -0.2) is 41.7 Å². The van der Waals surface area contributed by atoms with Crippen molar-refractivity contribution in [2.75, 3.05) is 6.54 Å². The quantitative estimate of drug-likeness (QED) is 0.400. The van der Waals surface area contributed by atoms with Gasteiger partial charge in [-0.3, -0.25) is 4.79 Å². The van der Waals surface area contributed by atoms with E-state index < -0.39 is 0 Å². The van der Waals surface area contributed by atoms with Crippen LogP contribution in [-0.2, 0) is 17.9 Å². The summed E-state index contributed by atoms with van der Waals surface area (Å²) in [5, 5.41) is 4.72. The van der Waals surface area contributed by atoms with E-state index in [0.29, 0.717) is 25.3 Å². The molecule has 9 heteroatoms. The largest absolute Gasteiger partial charge is 0.335 e. The molecule has 4 heterocycles. The molecule has 0 unspecified atom stereocenters. The standard InChI is InChI=1S/C18H17IN6O.ClH/c1-11-15-8-25-18(21-16(22-25)9-23-6-2-3-17(23)26)13-7-12(19)4-5-14(13)24(15)10-20-11;/h4-5,7,10H,2-3,6,8-9H2,1H3;1H. The Morgan fingerprint density at radius 3 is 2.93 bits per heavy atom. The van der Waals surface area contributed by atoms with Gasteiger partial charge in [-0.25, -0.2) is 14.6 Å². The molecule has 1 aromatic carbocycles. The van der Waals surface area contributed by atoms with Gasteiger partial charge >= 0.3 is 0 Å². The average Bonchev–Trinajstić information content (AvgIpc) is 3.28. The molecule has 2 aliphatic rings. The van der Waals surface area contributed by atoms with Gasteiger partial charge in [0.1, 0.15) is 0 Å². The van der Waals surface area contributed by atoms with Crippen molar-refractivity contribution in [2.24, 2.45) is 0 Å². The molecule has 2 aliphatic heterocycles. The van der Waals surface area contributed by atoms with Crippen molar-refractivity contribution in [1.82, 2.24) is 29.2 Å². The molecule has 0 aliphatic carbocycles. The van der Waals surface area contributed by atoms with Crippen molar-refractivity contribution in [1.29, 1.82) is 0 Å². The lowest BCUT2D eigenvalue weighted by molar-refractivity contribution is -0.128. The zero-order chi connectivity index (χ0) is 17.8. The minimum atomic E-state index is 0. The fraction of sp³-hybridized carbons (Fsp3) is 0.333. The molecule has 0 spiro atoms. The maximum absolute atomic E-state index is 11.9. The molecule has 0 saturated carbocycles. The Hall–Kier alpha value is -1.94. The molecule has 1 saturated heterocycles. The normalized spacial score (nSPS) is 15.0. The molecule has 3 aromatic rings. The van der Waals surface area contributed by atoms with Gasteiger partial charge < -0.3 is 9.47 Å². The van der Waals surface area contributed by atoms with Gasteiger partial charge in [0.05, 0.1) is 36.5 Å². The van der Waals surface area contributed by atoms with E-state index in [9.17, 15) is 4.79 Å². The molecule has 0 N–H and O–H groups in total. The Morgan fingerprint density at radius 2 is 2.15 bits per heavy atom. The number of likely N-dealkylation sites (tertiary alicyclic amines) is 1. The second-order valence-corrected chi connectivity index (χ2v) is 7.98. The lowest BCUT2D eigenvalue weighted by Gasteiger charge is -2.12. The van der Waals surface area contributed by atoms with Crippen molar-refractivity contribution in [3.05, 3.63) is 45.3 Å². The van der Waals surface area contributed by atoms with Crippen LogP contribution in [0, 0.1) is 10.5 Å². The number of halogens is 2. The van der Waals surface area contributed by atoms with Crippen LogP contribution < -0.4 is 0 Å². The number of imidazole rings is 1. The minimum Gasteiger partial charge on any atom is -0.335 e. The number of fused-ring (bicyclic) bond motifs is 5. The smallest absolute Gasteiger partial charge is 0.223 e. The predicted octanol–water partition coefficient (Wildman–Crippen LogP) is 2.95. The van der Waals surface area contributed by atoms with Crippen LogP contribution >= 0.6 is 35.0 Å². The SMILES string of the molecule is Cc1ncn2c1Cn1nc(CN3CCCC3=O)nc1-c1cc(I)ccc1-2.Cl. The van der Waals surface area contributed by atoms with Crippen LogP contribution in [0.2, 0.25) is 0 Å². The van der Waals surface area contributed by atoms with Gasteiger partial charge in [-0.15, -0.1) is 12.4 Å². The molecule has 1 amide bonds.